The average Bonchev–Trinajstić information content (AvgIpc) is 2.32. The Labute approximate surface area is 105 Å². The van der Waals surface area contributed by atoms with E-state index in [1.165, 1.54) is 0 Å². The first kappa shape index (κ1) is 14.2. The first-order valence-corrected chi connectivity index (χ1v) is 7.32. The zero-order valence-corrected chi connectivity index (χ0v) is 11.1. The lowest BCUT2D eigenvalue weighted by Gasteiger charge is -2.06. The first-order valence-electron chi connectivity index (χ1n) is 6.00. The van der Waals surface area contributed by atoms with Gasteiger partial charge in [0.2, 0.25) is 0 Å². The fourth-order valence-electron chi connectivity index (χ4n) is 1.65. The van der Waals surface area contributed by atoms with E-state index in [1.54, 1.807) is 0 Å². The summed E-state index contributed by atoms with van der Waals surface area (Å²) in [5.41, 5.74) is 7.52. The molecule has 0 heterocycles. The quantitative estimate of drug-likeness (QED) is 0.580. The van der Waals surface area contributed by atoms with Crippen LogP contribution in [0.1, 0.15) is 31.2 Å². The largest absolute Gasteiger partial charge is 0.398 e. The maximum Gasteiger partial charge on any atom is 0.0620 e. The zero-order valence-electron chi connectivity index (χ0n) is 10.3. The summed E-state index contributed by atoms with van der Waals surface area (Å²) in [5, 5.41) is 8.64. The Balaban J connectivity index is 2.44. The molecule has 0 aliphatic heterocycles. The molecule has 1 rings (SSSR count). The van der Waals surface area contributed by atoms with Gasteiger partial charge in [-0.15, -0.1) is 0 Å². The standard InChI is InChI=1S/C13H21NO2S/c1-11-6-7-12(14)13(10-11)17(16)9-5-3-2-4-8-15/h6-7,10,15H,2-5,8-9,14H2,1H3. The molecule has 3 nitrogen and oxygen atoms in total. The average molecular weight is 255 g/mol. The summed E-state index contributed by atoms with van der Waals surface area (Å²) < 4.78 is 12.0. The molecule has 0 spiro atoms. The van der Waals surface area contributed by atoms with Gasteiger partial charge in [0.1, 0.15) is 0 Å². The van der Waals surface area contributed by atoms with Crippen molar-refractivity contribution >= 4 is 16.5 Å². The van der Waals surface area contributed by atoms with Crippen LogP contribution in [0.4, 0.5) is 5.69 Å². The molecule has 1 atom stereocenters. The van der Waals surface area contributed by atoms with E-state index in [2.05, 4.69) is 0 Å². The number of rotatable bonds is 7. The minimum atomic E-state index is -0.998. The van der Waals surface area contributed by atoms with Crippen molar-refractivity contribution in [1.82, 2.24) is 0 Å². The second-order valence-corrected chi connectivity index (χ2v) is 5.77. The fourth-order valence-corrected chi connectivity index (χ4v) is 2.98. The molecule has 0 saturated heterocycles. The number of nitrogens with two attached hydrogens (primary N) is 1. The first-order chi connectivity index (χ1) is 8.15. The van der Waals surface area contributed by atoms with Crippen LogP contribution in [0.3, 0.4) is 0 Å². The van der Waals surface area contributed by atoms with Crippen LogP contribution in [0.5, 0.6) is 0 Å². The number of hydrogen-bond donors (Lipinski definition) is 2. The predicted octanol–water partition coefficient (Wildman–Crippen LogP) is 2.24. The van der Waals surface area contributed by atoms with Gasteiger partial charge in [0, 0.05) is 18.0 Å². The second-order valence-electron chi connectivity index (χ2n) is 4.23. The molecule has 1 aromatic rings. The summed E-state index contributed by atoms with van der Waals surface area (Å²) in [4.78, 5) is 0.757. The van der Waals surface area contributed by atoms with Gasteiger partial charge in [-0.05, 0) is 37.5 Å². The summed E-state index contributed by atoms with van der Waals surface area (Å²) in [6.07, 6.45) is 3.76. The van der Waals surface area contributed by atoms with Gasteiger partial charge in [0.25, 0.3) is 0 Å². The highest BCUT2D eigenvalue weighted by Crippen LogP contribution is 2.19. The van der Waals surface area contributed by atoms with Gasteiger partial charge in [0.05, 0.1) is 15.7 Å². The Morgan fingerprint density at radius 3 is 2.65 bits per heavy atom. The number of aliphatic hydroxyl groups excluding tert-OH is 1. The SMILES string of the molecule is Cc1ccc(N)c(S(=O)CCCCCCO)c1. The highest BCUT2D eigenvalue weighted by atomic mass is 32.2. The van der Waals surface area contributed by atoms with E-state index in [9.17, 15) is 4.21 Å². The van der Waals surface area contributed by atoms with Gasteiger partial charge in [0.15, 0.2) is 0 Å². The van der Waals surface area contributed by atoms with E-state index in [1.807, 2.05) is 25.1 Å². The van der Waals surface area contributed by atoms with Crippen molar-refractivity contribution in [2.75, 3.05) is 18.1 Å². The van der Waals surface area contributed by atoms with Crippen LogP contribution in [0.2, 0.25) is 0 Å². The lowest BCUT2D eigenvalue weighted by atomic mass is 10.2. The highest BCUT2D eigenvalue weighted by Gasteiger charge is 2.07. The Kier molecular flexibility index (Phi) is 6.22. The van der Waals surface area contributed by atoms with Gasteiger partial charge in [-0.3, -0.25) is 4.21 Å². The lowest BCUT2D eigenvalue weighted by molar-refractivity contribution is 0.283. The van der Waals surface area contributed by atoms with E-state index < -0.39 is 10.8 Å². The number of anilines is 1. The van der Waals surface area contributed by atoms with Crippen molar-refractivity contribution in [1.29, 1.82) is 0 Å². The van der Waals surface area contributed by atoms with E-state index >= 15 is 0 Å². The predicted molar refractivity (Wildman–Crippen MR) is 72.4 cm³/mol. The number of aliphatic hydroxyl groups is 1. The topological polar surface area (TPSA) is 63.3 Å². The van der Waals surface area contributed by atoms with Crippen molar-refractivity contribution < 1.29 is 9.32 Å². The van der Waals surface area contributed by atoms with Gasteiger partial charge >= 0.3 is 0 Å². The van der Waals surface area contributed by atoms with Gasteiger partial charge in [-0.2, -0.15) is 0 Å². The Hall–Kier alpha value is -0.870. The van der Waals surface area contributed by atoms with Crippen LogP contribution in [-0.4, -0.2) is 21.7 Å². The molecule has 0 bridgehead atoms. The third kappa shape index (κ3) is 4.88. The van der Waals surface area contributed by atoms with Crippen molar-refractivity contribution in [3.63, 3.8) is 0 Å². The van der Waals surface area contributed by atoms with Crippen LogP contribution in [0.25, 0.3) is 0 Å². The Bertz CT molecular complexity index is 380. The normalized spacial score (nSPS) is 12.6. The highest BCUT2D eigenvalue weighted by molar-refractivity contribution is 7.85. The van der Waals surface area contributed by atoms with Gasteiger partial charge < -0.3 is 10.8 Å². The number of unbranched alkanes of at least 4 members (excludes halogenated alkanes) is 3. The van der Waals surface area contributed by atoms with E-state index in [4.69, 9.17) is 10.8 Å². The molecule has 96 valence electrons. The summed E-state index contributed by atoms with van der Waals surface area (Å²) in [6.45, 7) is 2.22. The molecular formula is C13H21NO2S. The minimum Gasteiger partial charge on any atom is -0.398 e. The summed E-state index contributed by atoms with van der Waals surface area (Å²) in [7, 11) is -0.998. The van der Waals surface area contributed by atoms with Crippen LogP contribution in [0, 0.1) is 6.92 Å². The summed E-state index contributed by atoms with van der Waals surface area (Å²) in [5.74, 6) is 0.652. The minimum absolute atomic E-state index is 0.244. The molecule has 1 unspecified atom stereocenters. The van der Waals surface area contributed by atoms with E-state index in [0.717, 1.165) is 36.1 Å². The molecule has 0 saturated carbocycles. The third-order valence-electron chi connectivity index (χ3n) is 2.65. The molecular weight excluding hydrogens is 234 g/mol. The maximum absolute atomic E-state index is 12.0. The fraction of sp³-hybridized carbons (Fsp3) is 0.538. The number of nitrogen functional groups attached to an aromatic ring is 1. The third-order valence-corrected chi connectivity index (χ3v) is 4.16. The number of benzene rings is 1. The molecule has 0 amide bonds. The molecule has 0 aromatic heterocycles. The molecule has 0 aliphatic carbocycles. The van der Waals surface area contributed by atoms with Crippen molar-refractivity contribution in [3.8, 4) is 0 Å². The monoisotopic (exact) mass is 255 g/mol. The number of aryl methyl sites for hydroxylation is 1. The van der Waals surface area contributed by atoms with Gasteiger partial charge in [-0.25, -0.2) is 0 Å². The molecule has 0 radical (unpaired) electrons. The molecule has 3 N–H and O–H groups in total. The summed E-state index contributed by atoms with van der Waals surface area (Å²) in [6, 6.07) is 5.64. The van der Waals surface area contributed by atoms with Crippen molar-refractivity contribution in [3.05, 3.63) is 23.8 Å². The smallest absolute Gasteiger partial charge is 0.0620 e. The zero-order chi connectivity index (χ0) is 12.7. The van der Waals surface area contributed by atoms with Crippen LogP contribution >= 0.6 is 0 Å². The van der Waals surface area contributed by atoms with E-state index in [0.29, 0.717) is 11.4 Å². The van der Waals surface area contributed by atoms with Crippen LogP contribution in [0.15, 0.2) is 23.1 Å². The van der Waals surface area contributed by atoms with Crippen LogP contribution < -0.4 is 5.73 Å². The molecule has 0 aliphatic rings. The Morgan fingerprint density at radius 2 is 1.94 bits per heavy atom. The molecule has 0 fully saturated rings. The van der Waals surface area contributed by atoms with Crippen molar-refractivity contribution in [2.45, 2.75) is 37.5 Å². The lowest BCUT2D eigenvalue weighted by Crippen LogP contribution is -2.02. The van der Waals surface area contributed by atoms with E-state index in [-0.39, 0.29) is 6.61 Å². The molecule has 4 heteroatoms. The second kappa shape index (κ2) is 7.45. The Morgan fingerprint density at radius 1 is 1.24 bits per heavy atom. The van der Waals surface area contributed by atoms with Crippen molar-refractivity contribution in [2.24, 2.45) is 0 Å². The number of hydrogen-bond acceptors (Lipinski definition) is 3. The molecule has 1 aromatic carbocycles. The summed E-state index contributed by atoms with van der Waals surface area (Å²) >= 11 is 0. The maximum atomic E-state index is 12.0. The van der Waals surface area contributed by atoms with Crippen LogP contribution in [-0.2, 0) is 10.8 Å². The molecule has 17 heavy (non-hydrogen) atoms. The van der Waals surface area contributed by atoms with Gasteiger partial charge in [-0.1, -0.05) is 18.9 Å².